The van der Waals surface area contributed by atoms with E-state index in [-0.39, 0.29) is 30.2 Å². The zero-order chi connectivity index (χ0) is 21.2. The molecule has 2 aromatic rings. The molecule has 0 saturated heterocycles. The molecule has 2 aromatic carbocycles. The van der Waals surface area contributed by atoms with Crippen LogP contribution < -0.4 is 4.74 Å². The van der Waals surface area contributed by atoms with Crippen LogP contribution in [0.25, 0.3) is 0 Å². The summed E-state index contributed by atoms with van der Waals surface area (Å²) in [6.45, 7) is 5.22. The van der Waals surface area contributed by atoms with Crippen LogP contribution in [-0.2, 0) is 19.6 Å². The van der Waals surface area contributed by atoms with Gasteiger partial charge in [-0.05, 0) is 42.2 Å². The van der Waals surface area contributed by atoms with Crippen molar-refractivity contribution in [3.63, 3.8) is 0 Å². The van der Waals surface area contributed by atoms with Crippen molar-refractivity contribution in [3.05, 3.63) is 59.2 Å². The van der Waals surface area contributed by atoms with Crippen LogP contribution in [-0.4, -0.2) is 44.4 Å². The fourth-order valence-electron chi connectivity index (χ4n) is 3.00. The third kappa shape index (κ3) is 4.27. The summed E-state index contributed by atoms with van der Waals surface area (Å²) in [5, 5.41) is 0. The van der Waals surface area contributed by atoms with Crippen molar-refractivity contribution in [2.45, 2.75) is 31.6 Å². The van der Waals surface area contributed by atoms with Gasteiger partial charge in [-0.3, -0.25) is 4.79 Å². The lowest BCUT2D eigenvalue weighted by Gasteiger charge is -2.15. The highest BCUT2D eigenvalue weighted by Gasteiger charge is 2.40. The van der Waals surface area contributed by atoms with Crippen LogP contribution in [0.5, 0.6) is 5.75 Å². The van der Waals surface area contributed by atoms with E-state index < -0.39 is 21.9 Å². The molecular formula is C21H23NO6S. The molecule has 3 rings (SSSR count). The molecule has 0 unspecified atom stereocenters. The third-order valence-corrected chi connectivity index (χ3v) is 6.53. The standard InChI is InChI=1S/C21H23NO6S/c1-14(2)16-9-8-15(3)18(12-16)28-13-20(23)27-11-10-22-21(24)17-6-4-5-7-19(17)29(22,25)26/h4-9,12,14H,10-11,13H2,1-3H3. The van der Waals surface area contributed by atoms with Crippen molar-refractivity contribution < 1.29 is 27.5 Å². The normalized spacial score (nSPS) is 14.8. The fourth-order valence-corrected chi connectivity index (χ4v) is 4.56. The maximum Gasteiger partial charge on any atom is 0.344 e. The van der Waals surface area contributed by atoms with Crippen molar-refractivity contribution in [1.82, 2.24) is 4.31 Å². The van der Waals surface area contributed by atoms with Gasteiger partial charge in [0.25, 0.3) is 15.9 Å². The van der Waals surface area contributed by atoms with Crippen LogP contribution in [0.15, 0.2) is 47.4 Å². The van der Waals surface area contributed by atoms with E-state index >= 15 is 0 Å². The molecule has 1 amide bonds. The second-order valence-corrected chi connectivity index (χ2v) is 8.90. The predicted molar refractivity (Wildman–Crippen MR) is 106 cm³/mol. The maximum atomic E-state index is 12.4. The number of fused-ring (bicyclic) bond motifs is 1. The lowest BCUT2D eigenvalue weighted by molar-refractivity contribution is -0.146. The minimum Gasteiger partial charge on any atom is -0.482 e. The number of hydrogen-bond acceptors (Lipinski definition) is 6. The zero-order valence-corrected chi connectivity index (χ0v) is 17.4. The summed E-state index contributed by atoms with van der Waals surface area (Å²) in [4.78, 5) is 24.3. The zero-order valence-electron chi connectivity index (χ0n) is 16.5. The van der Waals surface area contributed by atoms with E-state index in [1.807, 2.05) is 25.1 Å². The molecule has 0 bridgehead atoms. The summed E-state index contributed by atoms with van der Waals surface area (Å²) in [6.07, 6.45) is 0. The van der Waals surface area contributed by atoms with Crippen LogP contribution in [0.1, 0.15) is 41.3 Å². The maximum absolute atomic E-state index is 12.4. The Kier molecular flexibility index (Phi) is 5.93. The van der Waals surface area contributed by atoms with Gasteiger partial charge in [0.1, 0.15) is 17.3 Å². The summed E-state index contributed by atoms with van der Waals surface area (Å²) in [7, 11) is -3.91. The SMILES string of the molecule is Cc1ccc(C(C)C)cc1OCC(=O)OCCN1C(=O)c2ccccc2S1(=O)=O. The quantitative estimate of drug-likeness (QED) is 0.644. The minimum atomic E-state index is -3.91. The molecular weight excluding hydrogens is 394 g/mol. The average molecular weight is 417 g/mol. The van der Waals surface area contributed by atoms with Gasteiger partial charge >= 0.3 is 5.97 Å². The second kappa shape index (κ2) is 8.24. The number of benzene rings is 2. The molecule has 0 aromatic heterocycles. The van der Waals surface area contributed by atoms with Crippen molar-refractivity contribution in [3.8, 4) is 5.75 Å². The van der Waals surface area contributed by atoms with E-state index in [1.165, 1.54) is 12.1 Å². The van der Waals surface area contributed by atoms with Crippen LogP contribution in [0.3, 0.4) is 0 Å². The Bertz CT molecular complexity index is 1040. The number of aryl methyl sites for hydroxylation is 1. The Balaban J connectivity index is 1.54. The molecule has 1 aliphatic rings. The third-order valence-electron chi connectivity index (χ3n) is 4.69. The number of rotatable bonds is 7. The molecule has 1 heterocycles. The van der Waals surface area contributed by atoms with E-state index in [1.54, 1.807) is 12.1 Å². The summed E-state index contributed by atoms with van der Waals surface area (Å²) >= 11 is 0. The first-order chi connectivity index (χ1) is 13.7. The smallest absolute Gasteiger partial charge is 0.344 e. The number of hydrogen-bond donors (Lipinski definition) is 0. The average Bonchev–Trinajstić information content (AvgIpc) is 2.88. The van der Waals surface area contributed by atoms with Crippen molar-refractivity contribution >= 4 is 21.9 Å². The molecule has 0 spiro atoms. The van der Waals surface area contributed by atoms with Crippen molar-refractivity contribution in [2.75, 3.05) is 19.8 Å². The van der Waals surface area contributed by atoms with Gasteiger partial charge in [-0.2, -0.15) is 0 Å². The summed E-state index contributed by atoms with van der Waals surface area (Å²) in [5.41, 5.74) is 2.12. The highest BCUT2D eigenvalue weighted by atomic mass is 32.2. The Labute approximate surface area is 170 Å². The van der Waals surface area contributed by atoms with Crippen molar-refractivity contribution in [1.29, 1.82) is 0 Å². The fraction of sp³-hybridized carbons (Fsp3) is 0.333. The molecule has 0 saturated carbocycles. The van der Waals surface area contributed by atoms with E-state index in [9.17, 15) is 18.0 Å². The van der Waals surface area contributed by atoms with Gasteiger partial charge in [-0.25, -0.2) is 17.5 Å². The van der Waals surface area contributed by atoms with Gasteiger partial charge in [0.2, 0.25) is 0 Å². The van der Waals surface area contributed by atoms with Gasteiger partial charge in [0.15, 0.2) is 6.61 Å². The number of nitrogens with zero attached hydrogens (tertiary/aromatic N) is 1. The van der Waals surface area contributed by atoms with Crippen LogP contribution >= 0.6 is 0 Å². The molecule has 29 heavy (non-hydrogen) atoms. The summed E-state index contributed by atoms with van der Waals surface area (Å²) in [6, 6.07) is 11.8. The van der Waals surface area contributed by atoms with E-state index in [2.05, 4.69) is 13.8 Å². The number of carbonyl (C=O) groups is 2. The first-order valence-corrected chi connectivity index (χ1v) is 10.7. The van der Waals surface area contributed by atoms with Crippen molar-refractivity contribution in [2.24, 2.45) is 0 Å². The van der Waals surface area contributed by atoms with E-state index in [4.69, 9.17) is 9.47 Å². The number of carbonyl (C=O) groups excluding carboxylic acids is 2. The summed E-state index contributed by atoms with van der Waals surface area (Å²) < 4.78 is 36.2. The number of amides is 1. The van der Waals surface area contributed by atoms with Gasteiger partial charge in [-0.15, -0.1) is 0 Å². The van der Waals surface area contributed by atoms with Crippen LogP contribution in [0, 0.1) is 6.92 Å². The molecule has 0 aliphatic carbocycles. The van der Waals surface area contributed by atoms with Crippen LogP contribution in [0.2, 0.25) is 0 Å². The monoisotopic (exact) mass is 417 g/mol. The predicted octanol–water partition coefficient (Wildman–Crippen LogP) is 2.89. The largest absolute Gasteiger partial charge is 0.482 e. The lowest BCUT2D eigenvalue weighted by Crippen LogP contribution is -2.34. The van der Waals surface area contributed by atoms with Crippen LogP contribution in [0.4, 0.5) is 0 Å². The highest BCUT2D eigenvalue weighted by molar-refractivity contribution is 7.90. The molecule has 0 N–H and O–H groups in total. The molecule has 8 heteroatoms. The van der Waals surface area contributed by atoms with Gasteiger partial charge in [-0.1, -0.05) is 38.1 Å². The second-order valence-electron chi connectivity index (χ2n) is 7.07. The first kappa shape index (κ1) is 20.9. The number of sulfonamides is 1. The molecule has 7 nitrogen and oxygen atoms in total. The first-order valence-electron chi connectivity index (χ1n) is 9.27. The molecule has 154 valence electrons. The topological polar surface area (TPSA) is 90.0 Å². The molecule has 0 radical (unpaired) electrons. The minimum absolute atomic E-state index is 0.0276. The highest BCUT2D eigenvalue weighted by Crippen LogP contribution is 2.29. The molecule has 0 fully saturated rings. The Hall–Kier alpha value is -2.87. The van der Waals surface area contributed by atoms with Gasteiger partial charge in [0, 0.05) is 0 Å². The lowest BCUT2D eigenvalue weighted by atomic mass is 10.0. The summed E-state index contributed by atoms with van der Waals surface area (Å²) in [5.74, 6) is -0.329. The number of esters is 1. The van der Waals surface area contributed by atoms with Gasteiger partial charge < -0.3 is 9.47 Å². The van der Waals surface area contributed by atoms with E-state index in [0.29, 0.717) is 11.7 Å². The Morgan fingerprint density at radius 3 is 2.55 bits per heavy atom. The molecule has 0 atom stereocenters. The Morgan fingerprint density at radius 2 is 1.86 bits per heavy atom. The molecule has 1 aliphatic heterocycles. The Morgan fingerprint density at radius 1 is 1.14 bits per heavy atom. The van der Waals surface area contributed by atoms with Gasteiger partial charge in [0.05, 0.1) is 12.1 Å². The van der Waals surface area contributed by atoms with E-state index in [0.717, 1.165) is 15.4 Å². The number of ether oxygens (including phenoxy) is 2.